The Bertz CT molecular complexity index is 218. The summed E-state index contributed by atoms with van der Waals surface area (Å²) in [6, 6.07) is -0.537. The van der Waals surface area contributed by atoms with E-state index in [9.17, 15) is 9.59 Å². The second-order valence-corrected chi connectivity index (χ2v) is 3.78. The number of hydrogen-bond acceptors (Lipinski definition) is 4. The van der Waals surface area contributed by atoms with Gasteiger partial charge in [-0.3, -0.25) is 4.79 Å². The number of carbonyl (C=O) groups excluding carboxylic acids is 2. The van der Waals surface area contributed by atoms with Crippen LogP contribution in [0.5, 0.6) is 0 Å². The van der Waals surface area contributed by atoms with Gasteiger partial charge in [-0.2, -0.15) is 0 Å². The topological polar surface area (TPSA) is 67.4 Å². The van der Waals surface area contributed by atoms with Crippen molar-refractivity contribution in [1.82, 2.24) is 10.4 Å². The van der Waals surface area contributed by atoms with E-state index in [2.05, 4.69) is 24.3 Å². The van der Waals surface area contributed by atoms with Crippen LogP contribution in [-0.4, -0.2) is 32.2 Å². The monoisotopic (exact) mass is 250 g/mol. The van der Waals surface area contributed by atoms with E-state index in [0.717, 1.165) is 19.4 Å². The number of amides is 1. The molecule has 8 heteroatoms. The molecule has 0 heterocycles. The van der Waals surface area contributed by atoms with Gasteiger partial charge in [0.1, 0.15) is 6.04 Å². The van der Waals surface area contributed by atoms with Gasteiger partial charge in [0, 0.05) is 0 Å². The minimum atomic E-state index is -0.537. The lowest BCUT2D eigenvalue weighted by Crippen LogP contribution is -2.40. The lowest BCUT2D eigenvalue weighted by Gasteiger charge is -2.15. The highest BCUT2D eigenvalue weighted by molar-refractivity contribution is 7.13. The summed E-state index contributed by atoms with van der Waals surface area (Å²) in [5.74, 6) is -0.645. The van der Waals surface area contributed by atoms with E-state index < -0.39 is 12.0 Å². The fourth-order valence-electron chi connectivity index (χ4n) is 1.15. The Morgan fingerprint density at radius 2 is 2.07 bits per heavy atom. The van der Waals surface area contributed by atoms with E-state index in [1.807, 2.05) is 9.47 Å². The van der Waals surface area contributed by atoms with Crippen LogP contribution in [0.2, 0.25) is 0 Å². The van der Waals surface area contributed by atoms with Crippen molar-refractivity contribution in [3.05, 3.63) is 0 Å². The highest BCUT2D eigenvalue weighted by Crippen LogP contribution is 2.04. The van der Waals surface area contributed by atoms with Crippen LogP contribution in [0.15, 0.2) is 0 Å². The van der Waals surface area contributed by atoms with Crippen molar-refractivity contribution in [2.24, 2.45) is 0 Å². The number of hydrogen-bond donors (Lipinski definition) is 2. The Morgan fingerprint density at radius 1 is 1.40 bits per heavy atom. The number of unbranched alkanes of at least 4 members (excludes halogenated alkanes) is 1. The molecule has 0 rings (SSSR count). The summed E-state index contributed by atoms with van der Waals surface area (Å²) in [6.45, 7) is 0.868. The van der Waals surface area contributed by atoms with Crippen molar-refractivity contribution in [2.75, 3.05) is 6.54 Å². The zero-order valence-corrected chi connectivity index (χ0v) is 11.1. The van der Waals surface area contributed by atoms with Gasteiger partial charge in [-0.05, 0) is 25.8 Å². The first kappa shape index (κ1) is 14.8. The largest absolute Gasteiger partial charge is 0.450 e. The molecule has 5 nitrogen and oxygen atoms in total. The van der Waals surface area contributed by atoms with E-state index >= 15 is 0 Å². The third-order valence-corrected chi connectivity index (χ3v) is 2.36. The molecule has 3 unspecified atom stereocenters. The molecule has 0 aliphatic carbocycles. The molecule has 0 saturated carbocycles. The van der Waals surface area contributed by atoms with Crippen LogP contribution in [0.3, 0.4) is 0 Å². The minimum Gasteiger partial charge on any atom is -0.450 e. The molecular weight excluding hydrogens is 233 g/mol. The van der Waals surface area contributed by atoms with Crippen LogP contribution < -0.4 is 10.4 Å². The van der Waals surface area contributed by atoms with Crippen molar-refractivity contribution in [1.29, 1.82) is 0 Å². The third-order valence-electron chi connectivity index (χ3n) is 1.84. The molecule has 0 spiro atoms. The molecule has 0 fully saturated rings. The second kappa shape index (κ2) is 9.08. The number of rotatable bonds is 7. The molecule has 0 saturated heterocycles. The van der Waals surface area contributed by atoms with Crippen molar-refractivity contribution in [2.45, 2.75) is 25.3 Å². The third kappa shape index (κ3) is 7.72. The predicted molar refractivity (Wildman–Crippen MR) is 68.2 cm³/mol. The minimum absolute atomic E-state index is 0.223. The van der Waals surface area contributed by atoms with Gasteiger partial charge in [-0.1, -0.05) is 9.39 Å². The van der Waals surface area contributed by atoms with E-state index in [4.69, 9.17) is 0 Å². The summed E-state index contributed by atoms with van der Waals surface area (Å²) in [6.07, 6.45) is 2.40. The highest BCUT2D eigenvalue weighted by Gasteiger charge is 2.18. The molecule has 3 atom stereocenters. The molecule has 2 N–H and O–H groups in total. The summed E-state index contributed by atoms with van der Waals surface area (Å²) in [5, 5.41) is 5.49. The fourth-order valence-corrected chi connectivity index (χ4v) is 1.52. The van der Waals surface area contributed by atoms with Crippen molar-refractivity contribution in [3.63, 3.8) is 0 Å². The van der Waals surface area contributed by atoms with E-state index in [1.165, 1.54) is 7.85 Å². The molecule has 0 aliphatic heterocycles. The quantitative estimate of drug-likeness (QED) is 0.366. The van der Waals surface area contributed by atoms with E-state index in [-0.39, 0.29) is 5.81 Å². The molecule has 1 amide bonds. The van der Waals surface area contributed by atoms with Crippen LogP contribution in [0.4, 0.5) is 4.79 Å². The maximum atomic E-state index is 11.2. The maximum Gasteiger partial charge on any atom is 0.330 e. The van der Waals surface area contributed by atoms with E-state index in [1.54, 1.807) is 0 Å². The van der Waals surface area contributed by atoms with Crippen LogP contribution in [0, 0.1) is 0 Å². The molecule has 0 radical (unpaired) electrons. The van der Waals surface area contributed by atoms with Crippen LogP contribution in [-0.2, 0) is 9.32 Å². The Kier molecular flexibility index (Phi) is 8.97. The molecular formula is C7H17BN2O3P2. The summed E-state index contributed by atoms with van der Waals surface area (Å²) < 4.78 is 4.51. The predicted octanol–water partition coefficient (Wildman–Crippen LogP) is -0.419. The SMILES string of the molecule is BC(=O)NC(CCCCNP)C(=O)OP. The molecule has 0 aliphatic rings. The average molecular weight is 250 g/mol. The van der Waals surface area contributed by atoms with E-state index in [0.29, 0.717) is 6.42 Å². The summed E-state index contributed by atoms with van der Waals surface area (Å²) in [5.41, 5.74) is 0. The lowest BCUT2D eigenvalue weighted by atomic mass is 10.1. The van der Waals surface area contributed by atoms with Crippen LogP contribution >= 0.6 is 18.9 Å². The van der Waals surface area contributed by atoms with Gasteiger partial charge in [0.05, 0.1) is 9.47 Å². The first-order valence-electron chi connectivity index (χ1n) is 4.73. The molecule has 0 aromatic rings. The zero-order valence-electron chi connectivity index (χ0n) is 8.79. The first-order chi connectivity index (χ1) is 7.11. The zero-order chi connectivity index (χ0) is 11.7. The average Bonchev–Trinajstić information content (AvgIpc) is 2.21. The van der Waals surface area contributed by atoms with Crippen molar-refractivity contribution >= 4 is 38.5 Å². The second-order valence-electron chi connectivity index (χ2n) is 3.14. The Balaban J connectivity index is 3.90. The molecule has 0 bridgehead atoms. The Morgan fingerprint density at radius 3 is 2.53 bits per heavy atom. The van der Waals surface area contributed by atoms with Crippen LogP contribution in [0.1, 0.15) is 19.3 Å². The summed E-state index contributed by atoms with van der Waals surface area (Å²) >= 11 is 0. The maximum absolute atomic E-state index is 11.2. The molecule has 86 valence electrons. The van der Waals surface area contributed by atoms with Gasteiger partial charge in [-0.25, -0.2) is 4.79 Å². The van der Waals surface area contributed by atoms with Gasteiger partial charge >= 0.3 is 5.97 Å². The van der Waals surface area contributed by atoms with Gasteiger partial charge < -0.3 is 14.9 Å². The van der Waals surface area contributed by atoms with Gasteiger partial charge in [0.2, 0.25) is 7.85 Å². The van der Waals surface area contributed by atoms with Gasteiger partial charge in [-0.15, -0.1) is 0 Å². The Hall–Kier alpha value is -0.175. The number of nitrogens with one attached hydrogen (secondary N) is 2. The first-order valence-corrected chi connectivity index (χ1v) is 5.77. The summed E-state index contributed by atoms with van der Waals surface area (Å²) in [7, 11) is 5.69. The Labute approximate surface area is 95.4 Å². The number of carbonyl (C=O) groups is 2. The van der Waals surface area contributed by atoms with Crippen molar-refractivity contribution < 1.29 is 14.1 Å². The molecule has 0 aromatic heterocycles. The molecule has 15 heavy (non-hydrogen) atoms. The standard InChI is InChI=1S/C7H17BN2O3P2/c8-7(12)10-5(6(11)13-15)3-1-2-4-9-14/h5,9H,1-4,8,14-15H2,(H,10,12). The fraction of sp³-hybridized carbons (Fsp3) is 0.714. The van der Waals surface area contributed by atoms with Gasteiger partial charge in [0.25, 0.3) is 0 Å². The lowest BCUT2D eigenvalue weighted by molar-refractivity contribution is -0.135. The summed E-state index contributed by atoms with van der Waals surface area (Å²) in [4.78, 5) is 22.1. The normalized spacial score (nSPS) is 11.9. The van der Waals surface area contributed by atoms with Crippen LogP contribution in [0.25, 0.3) is 0 Å². The smallest absolute Gasteiger partial charge is 0.330 e. The van der Waals surface area contributed by atoms with Crippen molar-refractivity contribution in [3.8, 4) is 0 Å². The van der Waals surface area contributed by atoms with Gasteiger partial charge in [0.15, 0.2) is 5.81 Å². The molecule has 0 aromatic carbocycles. The highest BCUT2D eigenvalue weighted by atomic mass is 31.0.